The van der Waals surface area contributed by atoms with E-state index in [0.29, 0.717) is 0 Å². The number of rotatable bonds is 0. The van der Waals surface area contributed by atoms with Crippen LogP contribution in [0, 0.1) is 0 Å². The molecule has 0 radical (unpaired) electrons. The van der Waals surface area contributed by atoms with E-state index in [2.05, 4.69) is 0 Å². The summed E-state index contributed by atoms with van der Waals surface area (Å²) >= 11 is 0. The van der Waals surface area contributed by atoms with Crippen molar-refractivity contribution in [1.29, 1.82) is 0 Å². The van der Waals surface area contributed by atoms with Crippen LogP contribution in [0.25, 0.3) is 0 Å². The Morgan fingerprint density at radius 2 is 1.00 bits per heavy atom. The van der Waals surface area contributed by atoms with E-state index in [1.807, 2.05) is 0 Å². The number of hydrogen-bond acceptors (Lipinski definition) is 0. The summed E-state index contributed by atoms with van der Waals surface area (Å²) < 4.78 is 0. The molecule has 0 aromatic carbocycles. The first-order valence-electron chi connectivity index (χ1n) is 0. The molecular weight excluding hydrogens is 241 g/mol. The number of hydrogen-bond donors (Lipinski definition) is 0. The van der Waals surface area contributed by atoms with Crippen molar-refractivity contribution in [2.24, 2.45) is 0 Å². The third kappa shape index (κ3) is 22.4. The molecule has 0 fully saturated rings. The van der Waals surface area contributed by atoms with Crippen molar-refractivity contribution in [2.75, 3.05) is 0 Å². The first-order chi connectivity index (χ1) is 0. The quantitative estimate of drug-likeness (QED) is 0.378. The van der Waals surface area contributed by atoms with Crippen molar-refractivity contribution >= 4 is 205 Å². The van der Waals surface area contributed by atoms with Gasteiger partial charge in [-0.2, -0.15) is 0 Å². The van der Waals surface area contributed by atoms with E-state index in [-0.39, 0.29) is 205 Å². The third-order valence-corrected chi connectivity index (χ3v) is 0. The van der Waals surface area contributed by atoms with Gasteiger partial charge < -0.3 is 0 Å². The van der Waals surface area contributed by atoms with Gasteiger partial charge in [0, 0.05) is 0 Å². The topological polar surface area (TPSA) is 0 Å². The average Bonchev–Trinajstić information content (AvgIpc) is 0. The fourth-order valence-electron chi connectivity index (χ4n) is 0. The van der Waals surface area contributed by atoms with Gasteiger partial charge in [-0.3, -0.25) is 0 Å². The van der Waals surface area contributed by atoms with Gasteiger partial charge in [0.1, 0.15) is 0 Å². The van der Waals surface area contributed by atoms with E-state index in [0.717, 1.165) is 0 Å². The van der Waals surface area contributed by atoms with Gasteiger partial charge in [-0.15, -0.1) is 0 Å². The molecular formula is H11AlCaKMgNaSr. The molecule has 0 heterocycles. The molecule has 0 unspecified atom stereocenters. The van der Waals surface area contributed by atoms with Gasteiger partial charge >= 0.3 is 187 Å². The third-order valence-electron chi connectivity index (χ3n) is 0. The minimum atomic E-state index is 0. The molecule has 0 aliphatic carbocycles. The molecule has 0 rings (SSSR count). The van der Waals surface area contributed by atoms with Gasteiger partial charge in [-0.1, -0.05) is 0 Å². The van der Waals surface area contributed by atoms with E-state index >= 15 is 0 Å². The van der Waals surface area contributed by atoms with Crippen molar-refractivity contribution in [3.63, 3.8) is 0 Å². The molecule has 0 N–H and O–H groups in total. The zero-order valence-electron chi connectivity index (χ0n) is 0. The van der Waals surface area contributed by atoms with Crippen LogP contribution in [0.15, 0.2) is 0 Å². The Hall–Kier alpha value is 6.68. The zero-order chi connectivity index (χ0) is 0. The molecule has 22 valence electrons. The maximum absolute atomic E-state index is 0. The fraction of sp³-hybridized carbons (Fsp3) is 0. The van der Waals surface area contributed by atoms with Crippen molar-refractivity contribution in [1.82, 2.24) is 0 Å². The van der Waals surface area contributed by atoms with Crippen LogP contribution >= 0.6 is 0 Å². The van der Waals surface area contributed by atoms with Gasteiger partial charge in [-0.05, 0) is 0 Å². The van der Waals surface area contributed by atoms with Gasteiger partial charge in [0.2, 0.25) is 0 Å². The van der Waals surface area contributed by atoms with Gasteiger partial charge in [0.15, 0.2) is 17.4 Å². The molecule has 0 atom stereocenters. The van der Waals surface area contributed by atoms with Crippen LogP contribution in [0.3, 0.4) is 0 Å². The molecule has 6 heavy (non-hydrogen) atoms. The van der Waals surface area contributed by atoms with E-state index < -0.39 is 0 Å². The van der Waals surface area contributed by atoms with Crippen LogP contribution in [-0.4, -0.2) is 205 Å². The van der Waals surface area contributed by atoms with E-state index in [1.54, 1.807) is 0 Å². The molecule has 0 aromatic rings. The van der Waals surface area contributed by atoms with Crippen LogP contribution in [0.1, 0.15) is 0 Å². The molecule has 0 amide bonds. The second kappa shape index (κ2) is 29.9. The maximum atomic E-state index is 0. The Bertz CT molecular complexity index is 15.5. The summed E-state index contributed by atoms with van der Waals surface area (Å²) in [7, 11) is 0. The monoisotopic (exact) mass is 252 g/mol. The summed E-state index contributed by atoms with van der Waals surface area (Å²) in [6.07, 6.45) is 0. The van der Waals surface area contributed by atoms with E-state index in [9.17, 15) is 0 Å². The first-order valence-corrected chi connectivity index (χ1v) is 0. The summed E-state index contributed by atoms with van der Waals surface area (Å²) in [5.41, 5.74) is 0. The van der Waals surface area contributed by atoms with Crippen LogP contribution in [0.4, 0.5) is 0 Å². The Morgan fingerprint density at radius 3 is 1.00 bits per heavy atom. The minimum absolute atomic E-state index is 0. The van der Waals surface area contributed by atoms with Crippen molar-refractivity contribution < 1.29 is 0 Å². The van der Waals surface area contributed by atoms with Gasteiger partial charge in [-0.25, -0.2) is 0 Å². The van der Waals surface area contributed by atoms with Crippen molar-refractivity contribution in [3.05, 3.63) is 0 Å². The van der Waals surface area contributed by atoms with Crippen LogP contribution in [0.5, 0.6) is 0 Å². The van der Waals surface area contributed by atoms with Crippen LogP contribution in [-0.2, 0) is 0 Å². The predicted octanol–water partition coefficient (Wildman–Crippen LogP) is -5.23. The second-order valence-electron chi connectivity index (χ2n) is 0. The van der Waals surface area contributed by atoms with Crippen LogP contribution < -0.4 is 0 Å². The van der Waals surface area contributed by atoms with Crippen molar-refractivity contribution in [2.45, 2.75) is 0 Å². The molecule has 0 aliphatic rings. The molecule has 0 aliphatic heterocycles. The Balaban J connectivity index is 0. The predicted molar refractivity (Wildman–Crippen MR) is 49.9 cm³/mol. The normalized spacial score (nSPS) is 0. The van der Waals surface area contributed by atoms with Crippen LogP contribution in [0.2, 0.25) is 0 Å². The molecule has 0 aromatic heterocycles. The summed E-state index contributed by atoms with van der Waals surface area (Å²) in [6.45, 7) is 0. The SMILES string of the molecule is [AlH3].[CaH2].[KH].[MgH2].[NaH].[SrH2]. The molecule has 0 bridgehead atoms. The summed E-state index contributed by atoms with van der Waals surface area (Å²) in [4.78, 5) is 0. The summed E-state index contributed by atoms with van der Waals surface area (Å²) in [5.74, 6) is 0. The van der Waals surface area contributed by atoms with Crippen molar-refractivity contribution in [3.8, 4) is 0 Å². The molecule has 0 spiro atoms. The average molecular weight is 252 g/mol. The molecule has 6 heteroatoms. The first kappa shape index (κ1) is 38.8. The zero-order valence-corrected chi connectivity index (χ0v) is 0. The van der Waals surface area contributed by atoms with Gasteiger partial charge in [0.05, 0.1) is 0 Å². The molecule has 0 saturated carbocycles. The standard InChI is InChI=1S/Al.Ca.K.Mg.Na.Sr.11H. The summed E-state index contributed by atoms with van der Waals surface area (Å²) in [6, 6.07) is 0. The second-order valence-corrected chi connectivity index (χ2v) is 0. The molecule has 0 saturated heterocycles. The van der Waals surface area contributed by atoms with E-state index in [1.165, 1.54) is 0 Å². The molecule has 0 nitrogen and oxygen atoms in total. The fourth-order valence-corrected chi connectivity index (χ4v) is 0. The van der Waals surface area contributed by atoms with Gasteiger partial charge in [0.25, 0.3) is 0 Å². The van der Waals surface area contributed by atoms with E-state index in [4.69, 9.17) is 0 Å². The Labute approximate surface area is 197 Å². The Morgan fingerprint density at radius 1 is 1.00 bits per heavy atom. The Kier molecular flexibility index (Phi) is 193. The summed E-state index contributed by atoms with van der Waals surface area (Å²) in [5, 5.41) is 0.